The van der Waals surface area contributed by atoms with Gasteiger partial charge in [0.1, 0.15) is 9.88 Å². The van der Waals surface area contributed by atoms with Gasteiger partial charge in [0.2, 0.25) is 0 Å². The molecule has 0 amide bonds. The minimum atomic E-state index is -0.315. The number of nitrogens with zero attached hydrogens (tertiary/aromatic N) is 2. The van der Waals surface area contributed by atoms with E-state index in [9.17, 15) is 4.79 Å². The quantitative estimate of drug-likeness (QED) is 0.150. The number of halogens is 1. The molecule has 162 valence electrons. The third kappa shape index (κ3) is 10.0. The van der Waals surface area contributed by atoms with Crippen LogP contribution < -0.4 is 10.6 Å². The number of thiazole rings is 1. The average molecular weight is 526 g/mol. The van der Waals surface area contributed by atoms with Gasteiger partial charge in [0.05, 0.1) is 31.5 Å². The van der Waals surface area contributed by atoms with Gasteiger partial charge in [0, 0.05) is 13.2 Å². The molecule has 7 nitrogen and oxygen atoms in total. The molecule has 0 saturated carbocycles. The van der Waals surface area contributed by atoms with Crippen LogP contribution in [-0.4, -0.2) is 49.8 Å². The number of carbonyl (C=O) groups excluding carboxylic acids is 1. The second kappa shape index (κ2) is 15.0. The molecule has 9 heteroatoms. The van der Waals surface area contributed by atoms with E-state index in [1.165, 1.54) is 11.3 Å². The third-order valence-corrected chi connectivity index (χ3v) is 5.01. The number of guanidine groups is 1. The summed E-state index contributed by atoms with van der Waals surface area (Å²) in [6.07, 6.45) is 1.06. The zero-order valence-corrected chi connectivity index (χ0v) is 21.0. The highest BCUT2D eigenvalue weighted by atomic mass is 127. The molecule has 1 heterocycles. The van der Waals surface area contributed by atoms with Gasteiger partial charge in [-0.15, -0.1) is 35.3 Å². The molecule has 2 N–H and O–H groups in total. The molecule has 1 aromatic heterocycles. The lowest BCUT2D eigenvalue weighted by Gasteiger charge is -2.16. The number of esters is 1. The van der Waals surface area contributed by atoms with E-state index in [-0.39, 0.29) is 36.0 Å². The number of hydrogen-bond acceptors (Lipinski definition) is 6. The number of aliphatic imine (C=N–C) groups is 1. The fourth-order valence-corrected chi connectivity index (χ4v) is 3.18. The molecule has 0 aromatic carbocycles. The Bertz CT molecular complexity index is 608. The number of nitrogens with one attached hydrogen (secondary N) is 2. The van der Waals surface area contributed by atoms with Crippen LogP contribution in [0.4, 0.5) is 0 Å². The molecular formula is C19H35IN4O3S. The molecule has 0 fully saturated rings. The summed E-state index contributed by atoms with van der Waals surface area (Å²) in [6, 6.07) is -0.0727. The van der Waals surface area contributed by atoms with E-state index in [0.717, 1.165) is 24.6 Å². The van der Waals surface area contributed by atoms with Gasteiger partial charge < -0.3 is 20.1 Å². The highest BCUT2D eigenvalue weighted by molar-refractivity contribution is 14.0. The van der Waals surface area contributed by atoms with E-state index in [1.807, 2.05) is 20.8 Å². The Morgan fingerprint density at radius 2 is 1.96 bits per heavy atom. The van der Waals surface area contributed by atoms with Crippen LogP contribution in [0.1, 0.15) is 67.5 Å². The summed E-state index contributed by atoms with van der Waals surface area (Å²) >= 11 is 1.36. The number of aryl methyl sites for hydroxylation is 1. The molecular weight excluding hydrogens is 491 g/mol. The maximum atomic E-state index is 12.0. The van der Waals surface area contributed by atoms with Gasteiger partial charge in [-0.25, -0.2) is 9.78 Å². The van der Waals surface area contributed by atoms with Gasteiger partial charge in [-0.1, -0.05) is 13.8 Å². The number of carbonyl (C=O) groups is 1. The first-order chi connectivity index (χ1) is 12.9. The van der Waals surface area contributed by atoms with Gasteiger partial charge in [-0.2, -0.15) is 0 Å². The maximum Gasteiger partial charge on any atom is 0.350 e. The molecule has 1 rings (SSSR count). The first kappa shape index (κ1) is 27.1. The van der Waals surface area contributed by atoms with Gasteiger partial charge >= 0.3 is 5.97 Å². The van der Waals surface area contributed by atoms with E-state index in [1.54, 1.807) is 6.92 Å². The van der Waals surface area contributed by atoms with Crippen LogP contribution in [0.2, 0.25) is 0 Å². The Kier molecular flexibility index (Phi) is 14.5. The molecule has 0 radical (unpaired) electrons. The lowest BCUT2D eigenvalue weighted by atomic mass is 10.1. The van der Waals surface area contributed by atoms with Crippen LogP contribution in [0.25, 0.3) is 0 Å². The molecule has 1 atom stereocenters. The summed E-state index contributed by atoms with van der Waals surface area (Å²) in [5, 5.41) is 7.39. The highest BCUT2D eigenvalue weighted by Gasteiger charge is 2.20. The number of hydrogen-bond donors (Lipinski definition) is 2. The van der Waals surface area contributed by atoms with Crippen molar-refractivity contribution >= 4 is 47.2 Å². The normalized spacial score (nSPS) is 12.5. The largest absolute Gasteiger partial charge is 0.462 e. The summed E-state index contributed by atoms with van der Waals surface area (Å²) in [5.74, 6) is 1.04. The second-order valence-electron chi connectivity index (χ2n) is 6.61. The van der Waals surface area contributed by atoms with E-state index in [0.29, 0.717) is 42.2 Å². The van der Waals surface area contributed by atoms with Crippen molar-refractivity contribution in [1.29, 1.82) is 0 Å². The molecule has 1 aromatic rings. The Hall–Kier alpha value is -0.940. The highest BCUT2D eigenvalue weighted by Crippen LogP contribution is 2.24. The predicted molar refractivity (Wildman–Crippen MR) is 126 cm³/mol. The molecule has 0 aliphatic rings. The fourth-order valence-electron chi connectivity index (χ4n) is 2.22. The standard InChI is InChI=1S/C19H34N4O3S.HI/c1-7-20-19(21-10-12-25-11-9-13(3)4)23-15(6)17-22-14(5)16(27-17)18(24)26-8-2;/h13,15H,7-12H2,1-6H3,(H2,20,21,23);1H. The summed E-state index contributed by atoms with van der Waals surface area (Å²) in [5.41, 5.74) is 0.697. The molecule has 0 spiro atoms. The zero-order valence-electron chi connectivity index (χ0n) is 17.8. The van der Waals surface area contributed by atoms with Gasteiger partial charge in [0.15, 0.2) is 5.96 Å². The Labute approximate surface area is 190 Å². The van der Waals surface area contributed by atoms with Crippen LogP contribution in [-0.2, 0) is 9.47 Å². The van der Waals surface area contributed by atoms with E-state index in [2.05, 4.69) is 34.5 Å². The van der Waals surface area contributed by atoms with Crippen molar-refractivity contribution in [1.82, 2.24) is 15.6 Å². The zero-order chi connectivity index (χ0) is 20.2. The smallest absolute Gasteiger partial charge is 0.350 e. The van der Waals surface area contributed by atoms with Crippen molar-refractivity contribution in [2.45, 2.75) is 54.0 Å². The van der Waals surface area contributed by atoms with Crippen LogP contribution >= 0.6 is 35.3 Å². The Morgan fingerprint density at radius 3 is 2.57 bits per heavy atom. The van der Waals surface area contributed by atoms with Gasteiger partial charge in [-0.05, 0) is 40.0 Å². The van der Waals surface area contributed by atoms with Gasteiger partial charge in [0.25, 0.3) is 0 Å². The fraction of sp³-hybridized carbons (Fsp3) is 0.737. The van der Waals surface area contributed by atoms with Gasteiger partial charge in [-0.3, -0.25) is 4.99 Å². The second-order valence-corrected chi connectivity index (χ2v) is 7.64. The molecule has 0 aliphatic heterocycles. The van der Waals surface area contributed by atoms with Crippen molar-refractivity contribution in [3.05, 3.63) is 15.6 Å². The lowest BCUT2D eigenvalue weighted by molar-refractivity contribution is 0.0531. The molecule has 0 saturated heterocycles. The van der Waals surface area contributed by atoms with Crippen molar-refractivity contribution in [3.8, 4) is 0 Å². The summed E-state index contributed by atoms with van der Waals surface area (Å²) in [4.78, 5) is 21.6. The number of ether oxygens (including phenoxy) is 2. The van der Waals surface area contributed by atoms with Crippen LogP contribution in [0.15, 0.2) is 4.99 Å². The SMILES string of the molecule is CCNC(=NCCOCCC(C)C)NC(C)c1nc(C)c(C(=O)OCC)s1.I. The van der Waals surface area contributed by atoms with Crippen LogP contribution in [0, 0.1) is 12.8 Å². The first-order valence-electron chi connectivity index (χ1n) is 9.65. The van der Waals surface area contributed by atoms with Crippen molar-refractivity contribution in [3.63, 3.8) is 0 Å². The Morgan fingerprint density at radius 1 is 1.25 bits per heavy atom. The summed E-state index contributed by atoms with van der Waals surface area (Å²) < 4.78 is 10.7. The van der Waals surface area contributed by atoms with Crippen molar-refractivity contribution in [2.75, 3.05) is 32.9 Å². The number of aromatic nitrogens is 1. The Balaban J connectivity index is 0.00000729. The lowest BCUT2D eigenvalue weighted by Crippen LogP contribution is -2.39. The topological polar surface area (TPSA) is 84.8 Å². The maximum absolute atomic E-state index is 12.0. The minimum absolute atomic E-state index is 0. The minimum Gasteiger partial charge on any atom is -0.462 e. The molecule has 0 aliphatic carbocycles. The molecule has 28 heavy (non-hydrogen) atoms. The average Bonchev–Trinajstić information content (AvgIpc) is 3.00. The van der Waals surface area contributed by atoms with Crippen molar-refractivity contribution in [2.24, 2.45) is 10.9 Å². The van der Waals surface area contributed by atoms with Crippen molar-refractivity contribution < 1.29 is 14.3 Å². The van der Waals surface area contributed by atoms with Crippen LogP contribution in [0.3, 0.4) is 0 Å². The number of rotatable bonds is 11. The monoisotopic (exact) mass is 526 g/mol. The third-order valence-electron chi connectivity index (χ3n) is 3.69. The van der Waals surface area contributed by atoms with Crippen LogP contribution in [0.5, 0.6) is 0 Å². The summed E-state index contributed by atoms with van der Waals surface area (Å²) in [6.45, 7) is 15.1. The predicted octanol–water partition coefficient (Wildman–Crippen LogP) is 3.93. The molecule has 0 bridgehead atoms. The van der Waals surface area contributed by atoms with E-state index < -0.39 is 0 Å². The summed E-state index contributed by atoms with van der Waals surface area (Å²) in [7, 11) is 0. The first-order valence-corrected chi connectivity index (χ1v) is 10.5. The van der Waals surface area contributed by atoms with E-state index in [4.69, 9.17) is 9.47 Å². The molecule has 1 unspecified atom stereocenters. The van der Waals surface area contributed by atoms with E-state index >= 15 is 0 Å².